The van der Waals surface area contributed by atoms with E-state index in [1.807, 2.05) is 0 Å². The number of hydrogen-bond donors (Lipinski definition) is 2. The first-order valence-electron chi connectivity index (χ1n) is 9.76. The number of fused-ring (bicyclic) bond motifs is 1. The Hall–Kier alpha value is -3.32. The van der Waals surface area contributed by atoms with Crippen LogP contribution in [0.3, 0.4) is 0 Å². The number of H-pyrrole nitrogens is 1. The van der Waals surface area contributed by atoms with Crippen LogP contribution in [-0.4, -0.2) is 59.6 Å². The molecule has 0 aliphatic heterocycles. The number of aromatic amines is 1. The molecule has 2 heterocycles. The summed E-state index contributed by atoms with van der Waals surface area (Å²) in [5.74, 6) is -0.437. The molecule has 13 nitrogen and oxygen atoms in total. The summed E-state index contributed by atoms with van der Waals surface area (Å²) in [7, 11) is 0.858. The maximum Gasteiger partial charge on any atom is 0.510 e. The third-order valence-electron chi connectivity index (χ3n) is 4.30. The summed E-state index contributed by atoms with van der Waals surface area (Å²) >= 11 is 0. The molecule has 1 unspecified atom stereocenters. The number of aromatic nitrogens is 4. The number of halogens is 1. The minimum absolute atomic E-state index is 0.0152. The molecule has 0 spiro atoms. The van der Waals surface area contributed by atoms with Gasteiger partial charge in [0.2, 0.25) is 21.1 Å². The highest BCUT2D eigenvalue weighted by atomic mass is 31.2. The zero-order chi connectivity index (χ0) is 24.5. The highest BCUT2D eigenvalue weighted by Gasteiger charge is 2.15. The van der Waals surface area contributed by atoms with Crippen molar-refractivity contribution in [3.8, 4) is 5.75 Å². The number of hydrogen-bond acceptors (Lipinski definition) is 11. The second-order valence-corrected chi connectivity index (χ2v) is 7.96. The molecule has 0 radical (unpaired) electrons. The van der Waals surface area contributed by atoms with Gasteiger partial charge >= 0.3 is 6.16 Å². The van der Waals surface area contributed by atoms with Crippen LogP contribution in [0.1, 0.15) is 5.56 Å². The topological polar surface area (TPSA) is 162 Å². The number of nitrogens with one attached hydrogen (secondary N) is 1. The van der Waals surface area contributed by atoms with Gasteiger partial charge in [-0.15, -0.1) is 0 Å². The Morgan fingerprint density at radius 1 is 1.29 bits per heavy atom. The van der Waals surface area contributed by atoms with Gasteiger partial charge in [-0.05, 0) is 17.7 Å². The second kappa shape index (κ2) is 12.2. The number of imidazole rings is 1. The van der Waals surface area contributed by atoms with Crippen LogP contribution in [-0.2, 0) is 36.4 Å². The second-order valence-electron chi connectivity index (χ2n) is 6.52. The number of nitrogens with two attached hydrogens (primary N) is 1. The van der Waals surface area contributed by atoms with Crippen molar-refractivity contribution >= 4 is 31.6 Å². The van der Waals surface area contributed by atoms with Gasteiger partial charge in [-0.2, -0.15) is 4.98 Å². The monoisotopic (exact) mass is 499 g/mol. The van der Waals surface area contributed by atoms with Gasteiger partial charge in [0.25, 0.3) is 5.56 Å². The Morgan fingerprint density at radius 3 is 2.85 bits per heavy atom. The molecule has 0 aliphatic carbocycles. The van der Waals surface area contributed by atoms with E-state index in [0.717, 1.165) is 0 Å². The summed E-state index contributed by atoms with van der Waals surface area (Å²) in [5.41, 5.74) is 6.18. The van der Waals surface area contributed by atoms with Gasteiger partial charge in [0.15, 0.2) is 22.7 Å². The Bertz CT molecular complexity index is 1170. The third kappa shape index (κ3) is 6.84. The van der Waals surface area contributed by atoms with E-state index in [-0.39, 0.29) is 36.8 Å². The quantitative estimate of drug-likeness (QED) is 0.162. The predicted molar refractivity (Wildman–Crippen MR) is 117 cm³/mol. The van der Waals surface area contributed by atoms with Crippen molar-refractivity contribution in [2.24, 2.45) is 0 Å². The van der Waals surface area contributed by atoms with Gasteiger partial charge in [-0.1, -0.05) is 6.07 Å². The average molecular weight is 499 g/mol. The van der Waals surface area contributed by atoms with E-state index in [1.54, 1.807) is 10.6 Å². The van der Waals surface area contributed by atoms with Crippen LogP contribution in [0, 0.1) is 5.82 Å². The minimum Gasteiger partial charge on any atom is -0.494 e. The van der Waals surface area contributed by atoms with Crippen LogP contribution < -0.4 is 16.0 Å². The summed E-state index contributed by atoms with van der Waals surface area (Å²) in [6.45, 7) is 0.113. The highest BCUT2D eigenvalue weighted by Crippen LogP contribution is 2.39. The van der Waals surface area contributed by atoms with Crippen LogP contribution in [0.4, 0.5) is 15.1 Å². The normalized spacial score (nSPS) is 12.0. The van der Waals surface area contributed by atoms with Crippen molar-refractivity contribution in [2.45, 2.75) is 13.2 Å². The van der Waals surface area contributed by atoms with E-state index in [1.165, 1.54) is 32.7 Å². The van der Waals surface area contributed by atoms with Crippen molar-refractivity contribution in [2.75, 3.05) is 39.7 Å². The largest absolute Gasteiger partial charge is 0.510 e. The molecule has 3 rings (SSSR count). The van der Waals surface area contributed by atoms with Gasteiger partial charge in [0.1, 0.15) is 6.35 Å². The number of carbonyl (C=O) groups is 1. The molecule has 0 amide bonds. The third-order valence-corrected chi connectivity index (χ3v) is 5.50. The molecular weight excluding hydrogens is 476 g/mol. The lowest BCUT2D eigenvalue weighted by Gasteiger charge is -2.17. The van der Waals surface area contributed by atoms with Crippen LogP contribution >= 0.6 is 8.38 Å². The average Bonchev–Trinajstić information content (AvgIpc) is 3.22. The van der Waals surface area contributed by atoms with E-state index >= 15 is 0 Å². The molecule has 1 atom stereocenters. The number of nitrogens with zero attached hydrogens (tertiary/aromatic N) is 3. The summed E-state index contributed by atoms with van der Waals surface area (Å²) in [6.07, 6.45) is 0.553. The lowest BCUT2D eigenvalue weighted by atomic mass is 10.2. The maximum absolute atomic E-state index is 13.9. The van der Waals surface area contributed by atoms with E-state index in [9.17, 15) is 14.0 Å². The van der Waals surface area contributed by atoms with Crippen molar-refractivity contribution in [3.63, 3.8) is 0 Å². The van der Waals surface area contributed by atoms with Crippen LogP contribution in [0.15, 0.2) is 29.3 Å². The lowest BCUT2D eigenvalue weighted by molar-refractivity contribution is 0.0100. The molecule has 15 heteroatoms. The van der Waals surface area contributed by atoms with Crippen LogP contribution in [0.5, 0.6) is 5.75 Å². The number of rotatable bonds is 12. The smallest absolute Gasteiger partial charge is 0.494 e. The van der Waals surface area contributed by atoms with Crippen LogP contribution in [0.2, 0.25) is 0 Å². The van der Waals surface area contributed by atoms with Crippen molar-refractivity contribution in [1.29, 1.82) is 0 Å². The van der Waals surface area contributed by atoms with E-state index in [4.69, 9.17) is 29.0 Å². The van der Waals surface area contributed by atoms with Gasteiger partial charge in [-0.3, -0.25) is 14.3 Å². The number of ether oxygens (including phenoxy) is 4. The van der Waals surface area contributed by atoms with Crippen molar-refractivity contribution in [1.82, 2.24) is 19.5 Å². The molecule has 184 valence electrons. The molecule has 3 aromatic rings. The first-order valence-corrected chi connectivity index (χ1v) is 11.1. The fourth-order valence-corrected chi connectivity index (χ4v) is 3.65. The molecule has 0 aliphatic rings. The summed E-state index contributed by atoms with van der Waals surface area (Å²) < 4.78 is 46.3. The first kappa shape index (κ1) is 25.3. The fraction of sp³-hybridized carbons (Fsp3) is 0.368. The molecule has 0 saturated heterocycles. The van der Waals surface area contributed by atoms with Gasteiger partial charge in [0, 0.05) is 6.54 Å². The summed E-state index contributed by atoms with van der Waals surface area (Å²) in [4.78, 5) is 33.5. The summed E-state index contributed by atoms with van der Waals surface area (Å²) in [5, 5.41) is 0. The van der Waals surface area contributed by atoms with Gasteiger partial charge < -0.3 is 33.8 Å². The molecule has 3 N–H and O–H groups in total. The molecule has 0 fully saturated rings. The zero-order valence-corrected chi connectivity index (χ0v) is 19.2. The Labute approximate surface area is 193 Å². The standard InChI is InChI=1S/C19H23FN5O8P/c1-28-14-4-3-12(7-13(14)20)8-32-34(33-10-31-19(27)29-2)11-30-6-5-25-9-22-15-16(25)23-18(21)24-17(15)26/h3-4,7,9H,5-6,8,10-11H2,1-2H3,(H3,21,23,24,26). The number of carbonyl (C=O) groups excluding carboxylic acids is 1. The van der Waals surface area contributed by atoms with E-state index in [0.29, 0.717) is 17.8 Å². The van der Waals surface area contributed by atoms with Crippen molar-refractivity contribution < 1.29 is 37.2 Å². The molecular formula is C19H23FN5O8P. The van der Waals surface area contributed by atoms with Crippen LogP contribution in [0.25, 0.3) is 11.2 Å². The SMILES string of the molecule is COC(=O)OCOP(COCCn1cnc2c(=O)[nH]c(N)nc21)OCc1ccc(OC)c(F)c1. The maximum atomic E-state index is 13.9. The molecule has 1 aromatic carbocycles. The number of benzene rings is 1. The van der Waals surface area contributed by atoms with Gasteiger partial charge in [0.05, 0.1) is 33.8 Å². The predicted octanol–water partition coefficient (Wildman–Crippen LogP) is 2.11. The van der Waals surface area contributed by atoms with E-state index < -0.39 is 32.7 Å². The van der Waals surface area contributed by atoms with E-state index in [2.05, 4.69) is 19.7 Å². The first-order chi connectivity index (χ1) is 16.4. The molecule has 0 bridgehead atoms. The fourth-order valence-electron chi connectivity index (χ4n) is 2.69. The number of anilines is 1. The molecule has 0 saturated carbocycles. The zero-order valence-electron chi connectivity index (χ0n) is 18.4. The Kier molecular flexibility index (Phi) is 9.10. The molecule has 2 aromatic heterocycles. The molecule has 34 heavy (non-hydrogen) atoms. The van der Waals surface area contributed by atoms with Gasteiger partial charge in [-0.25, -0.2) is 14.2 Å². The lowest BCUT2D eigenvalue weighted by Crippen LogP contribution is -2.13. The minimum atomic E-state index is -1.68. The number of nitrogen functional groups attached to an aromatic ring is 1. The summed E-state index contributed by atoms with van der Waals surface area (Å²) in [6, 6.07) is 4.41. The van der Waals surface area contributed by atoms with Crippen molar-refractivity contribution in [3.05, 3.63) is 46.3 Å². The number of methoxy groups -OCH3 is 2. The highest BCUT2D eigenvalue weighted by molar-refractivity contribution is 7.46. The Balaban J connectivity index is 1.55. The Morgan fingerprint density at radius 2 is 2.12 bits per heavy atom.